The Morgan fingerprint density at radius 1 is 1.26 bits per heavy atom. The first-order chi connectivity index (χ1) is 16.4. The smallest absolute Gasteiger partial charge is 0.307 e. The minimum absolute atomic E-state index is 0.00188. The van der Waals surface area contributed by atoms with Crippen LogP contribution >= 0.6 is 11.6 Å². The van der Waals surface area contributed by atoms with Crippen LogP contribution in [0.15, 0.2) is 24.3 Å². The molecule has 2 atom stereocenters. The van der Waals surface area contributed by atoms with Gasteiger partial charge in [0, 0.05) is 30.1 Å². The van der Waals surface area contributed by atoms with Gasteiger partial charge in [0.15, 0.2) is 0 Å². The molecule has 0 saturated carbocycles. The van der Waals surface area contributed by atoms with Gasteiger partial charge < -0.3 is 20.1 Å². The molecule has 4 rings (SSSR count). The summed E-state index contributed by atoms with van der Waals surface area (Å²) in [7, 11) is 0. The van der Waals surface area contributed by atoms with Crippen molar-refractivity contribution in [3.63, 3.8) is 0 Å². The summed E-state index contributed by atoms with van der Waals surface area (Å²) < 4.78 is 6.20. The van der Waals surface area contributed by atoms with Crippen molar-refractivity contribution in [3.05, 3.63) is 46.0 Å². The summed E-state index contributed by atoms with van der Waals surface area (Å²) in [5, 5.41) is 13.2. The van der Waals surface area contributed by atoms with Crippen molar-refractivity contribution in [2.45, 2.75) is 72.9 Å². The van der Waals surface area contributed by atoms with Gasteiger partial charge >= 0.3 is 5.97 Å². The fraction of sp³-hybridized carbons (Fsp3) is 0.500. The van der Waals surface area contributed by atoms with Gasteiger partial charge in [0.2, 0.25) is 6.41 Å². The van der Waals surface area contributed by atoms with E-state index in [-0.39, 0.29) is 18.5 Å². The van der Waals surface area contributed by atoms with Gasteiger partial charge in [-0.15, -0.1) is 0 Å². The summed E-state index contributed by atoms with van der Waals surface area (Å²) >= 11 is 6.10. The zero-order chi connectivity index (χ0) is 25.9. The minimum atomic E-state index is -0.871. The lowest BCUT2D eigenvalue weighted by Crippen LogP contribution is -2.44. The van der Waals surface area contributed by atoms with Crippen LogP contribution < -0.4 is 15.0 Å². The van der Waals surface area contributed by atoms with Crippen LogP contribution in [-0.4, -0.2) is 42.7 Å². The Morgan fingerprint density at radius 3 is 2.46 bits per heavy atom. The van der Waals surface area contributed by atoms with E-state index in [2.05, 4.69) is 44.8 Å². The number of ether oxygens (including phenoxy) is 1. The molecule has 190 valence electrons. The molecule has 2 N–H and O–H groups in total. The summed E-state index contributed by atoms with van der Waals surface area (Å²) in [6, 6.07) is 7.76. The van der Waals surface area contributed by atoms with E-state index in [1.807, 2.05) is 31.2 Å². The Balaban J connectivity index is 0.000000623. The van der Waals surface area contributed by atoms with Gasteiger partial charge in [-0.25, -0.2) is 0 Å². The number of carboxylic acids is 1. The zero-order valence-electron chi connectivity index (χ0n) is 21.6. The van der Waals surface area contributed by atoms with E-state index in [1.165, 1.54) is 0 Å². The van der Waals surface area contributed by atoms with Gasteiger partial charge in [0.1, 0.15) is 5.75 Å². The normalized spacial score (nSPS) is 18.9. The molecular weight excluding hydrogens is 464 g/mol. The molecule has 2 heterocycles. The quantitative estimate of drug-likeness (QED) is 0.519. The zero-order valence-corrected chi connectivity index (χ0v) is 22.3. The van der Waals surface area contributed by atoms with Crippen LogP contribution in [-0.2, 0) is 22.4 Å². The molecule has 2 aromatic carbocycles. The molecule has 35 heavy (non-hydrogen) atoms. The number of hydrogen-bond acceptors (Lipinski definition) is 4. The number of nitrogens with zero attached hydrogens (tertiary/aromatic N) is 1. The Morgan fingerprint density at radius 2 is 1.89 bits per heavy atom. The predicted molar refractivity (Wildman–Crippen MR) is 142 cm³/mol. The van der Waals surface area contributed by atoms with Crippen LogP contribution in [0.4, 0.5) is 5.69 Å². The van der Waals surface area contributed by atoms with Crippen LogP contribution in [0.5, 0.6) is 5.75 Å². The highest BCUT2D eigenvalue weighted by atomic mass is 35.5. The Bertz CT molecular complexity index is 1070. The van der Waals surface area contributed by atoms with E-state index in [0.29, 0.717) is 30.0 Å². The SMILES string of the molecule is CC(C)(C)C.Cc1c(CC(=O)O)c(-c2ccc(Cl)cc2)c2c3c1OCC[C@H](NC=O)CN3C(C)C2. The number of benzene rings is 2. The van der Waals surface area contributed by atoms with E-state index in [9.17, 15) is 14.7 Å². The van der Waals surface area contributed by atoms with Crippen LogP contribution in [0.2, 0.25) is 5.02 Å². The standard InChI is InChI=1S/C23H25ClN2O4.C5H12/c1-13-9-19-21(15-3-5-16(24)6-4-15)18(10-20(28)29)14(2)23-22(19)26(13)11-17(25-12-27)7-8-30-23;1-5(2,3)4/h3-6,12-13,17H,7-11H2,1-2H3,(H,25,27)(H,28,29);1-4H3/t13?,17-;/m0./s1. The Labute approximate surface area is 213 Å². The molecule has 0 radical (unpaired) electrons. The highest BCUT2D eigenvalue weighted by Crippen LogP contribution is 2.50. The summed E-state index contributed by atoms with van der Waals surface area (Å²) in [5.74, 6) is -0.0997. The van der Waals surface area contributed by atoms with E-state index in [4.69, 9.17) is 16.3 Å². The Kier molecular flexibility index (Phi) is 8.37. The molecule has 1 unspecified atom stereocenters. The maximum absolute atomic E-state index is 11.7. The number of carbonyl (C=O) groups excluding carboxylic acids is 1. The number of carboxylic acid groups (broad SMARTS) is 1. The lowest BCUT2D eigenvalue weighted by Gasteiger charge is -2.34. The Hall–Kier alpha value is -2.73. The van der Waals surface area contributed by atoms with Gasteiger partial charge in [-0.1, -0.05) is 51.4 Å². The number of anilines is 1. The number of hydrogen-bond donors (Lipinski definition) is 2. The monoisotopic (exact) mass is 500 g/mol. The maximum Gasteiger partial charge on any atom is 0.307 e. The van der Waals surface area contributed by atoms with Gasteiger partial charge in [-0.3, -0.25) is 9.59 Å². The van der Waals surface area contributed by atoms with Crippen molar-refractivity contribution in [1.82, 2.24) is 5.32 Å². The predicted octanol–water partition coefficient (Wildman–Crippen LogP) is 5.64. The van der Waals surface area contributed by atoms with Crippen molar-refractivity contribution < 1.29 is 19.4 Å². The first-order valence-electron chi connectivity index (χ1n) is 12.2. The fourth-order valence-corrected chi connectivity index (χ4v) is 4.84. The van der Waals surface area contributed by atoms with Crippen molar-refractivity contribution in [1.29, 1.82) is 0 Å². The summed E-state index contributed by atoms with van der Waals surface area (Å²) in [4.78, 5) is 25.1. The number of aliphatic carboxylic acids is 1. The number of amides is 1. The number of nitrogens with one attached hydrogen (secondary N) is 1. The molecule has 0 saturated heterocycles. The topological polar surface area (TPSA) is 78.9 Å². The summed E-state index contributed by atoms with van der Waals surface area (Å²) in [6.45, 7) is 14.0. The molecule has 0 spiro atoms. The van der Waals surface area contributed by atoms with Crippen molar-refractivity contribution in [2.24, 2.45) is 5.41 Å². The third-order valence-corrected chi connectivity index (χ3v) is 6.36. The third-order valence-electron chi connectivity index (χ3n) is 6.11. The van der Waals surface area contributed by atoms with E-state index >= 15 is 0 Å². The van der Waals surface area contributed by atoms with Crippen molar-refractivity contribution >= 4 is 29.7 Å². The molecule has 6 nitrogen and oxygen atoms in total. The highest BCUT2D eigenvalue weighted by molar-refractivity contribution is 6.30. The van der Waals surface area contributed by atoms with Gasteiger partial charge in [-0.05, 0) is 65.6 Å². The molecule has 2 aromatic rings. The number of rotatable bonds is 5. The molecule has 2 aliphatic rings. The van der Waals surface area contributed by atoms with Crippen molar-refractivity contribution in [2.75, 3.05) is 18.1 Å². The largest absolute Gasteiger partial charge is 0.491 e. The average molecular weight is 501 g/mol. The summed E-state index contributed by atoms with van der Waals surface area (Å²) in [6.07, 6.45) is 2.15. The fourth-order valence-electron chi connectivity index (χ4n) is 4.72. The van der Waals surface area contributed by atoms with Crippen LogP contribution in [0.1, 0.15) is 57.7 Å². The second-order valence-electron chi connectivity index (χ2n) is 11.0. The summed E-state index contributed by atoms with van der Waals surface area (Å²) in [5.41, 5.74) is 6.20. The second-order valence-corrected chi connectivity index (χ2v) is 11.5. The molecule has 7 heteroatoms. The van der Waals surface area contributed by atoms with Gasteiger partial charge in [-0.2, -0.15) is 0 Å². The second kappa shape index (κ2) is 10.9. The van der Waals surface area contributed by atoms with Crippen LogP contribution in [0, 0.1) is 12.3 Å². The van der Waals surface area contributed by atoms with E-state index in [0.717, 1.165) is 52.1 Å². The van der Waals surface area contributed by atoms with E-state index < -0.39 is 5.97 Å². The molecule has 1 amide bonds. The van der Waals surface area contributed by atoms with Crippen LogP contribution in [0.25, 0.3) is 11.1 Å². The average Bonchev–Trinajstić information content (AvgIpc) is 3.03. The molecule has 0 bridgehead atoms. The third kappa shape index (κ3) is 6.49. The first kappa shape index (κ1) is 26.9. The molecular formula is C28H37ClN2O4. The van der Waals surface area contributed by atoms with Crippen molar-refractivity contribution in [3.8, 4) is 16.9 Å². The highest BCUT2D eigenvalue weighted by Gasteiger charge is 2.37. The molecule has 0 fully saturated rings. The number of carbonyl (C=O) groups is 2. The lowest BCUT2D eigenvalue weighted by molar-refractivity contribution is -0.136. The van der Waals surface area contributed by atoms with Crippen LogP contribution in [0.3, 0.4) is 0 Å². The van der Waals surface area contributed by atoms with E-state index in [1.54, 1.807) is 0 Å². The minimum Gasteiger partial charge on any atom is -0.491 e. The number of halogens is 1. The molecule has 2 aliphatic heterocycles. The van der Waals surface area contributed by atoms with Gasteiger partial charge in [0.05, 0.1) is 18.7 Å². The molecule has 0 aliphatic carbocycles. The first-order valence-corrected chi connectivity index (χ1v) is 12.5. The van der Waals surface area contributed by atoms with Gasteiger partial charge in [0.25, 0.3) is 0 Å². The molecule has 0 aromatic heterocycles. The maximum atomic E-state index is 11.7. The lowest BCUT2D eigenvalue weighted by atomic mass is 9.87.